The van der Waals surface area contributed by atoms with Crippen molar-refractivity contribution < 1.29 is 4.39 Å². The SMILES string of the molecule is Cc1cccc(F)c1CC(C)(C)CN. The number of aryl methyl sites for hydroxylation is 1. The van der Waals surface area contributed by atoms with Crippen LogP contribution in [-0.2, 0) is 6.42 Å². The molecule has 0 aromatic heterocycles. The van der Waals surface area contributed by atoms with Crippen LogP contribution in [-0.4, -0.2) is 6.54 Å². The summed E-state index contributed by atoms with van der Waals surface area (Å²) in [6.07, 6.45) is 0.696. The van der Waals surface area contributed by atoms with Gasteiger partial charge in [-0.1, -0.05) is 26.0 Å². The maximum absolute atomic E-state index is 13.5. The Morgan fingerprint density at radius 2 is 2.00 bits per heavy atom. The molecule has 0 amide bonds. The lowest BCUT2D eigenvalue weighted by molar-refractivity contribution is 0.369. The molecule has 1 rings (SSSR count). The van der Waals surface area contributed by atoms with Gasteiger partial charge in [0.25, 0.3) is 0 Å². The average Bonchev–Trinajstić information content (AvgIpc) is 2.12. The Balaban J connectivity index is 2.97. The molecular formula is C12H18FN. The number of hydrogen-bond acceptors (Lipinski definition) is 1. The van der Waals surface area contributed by atoms with Crippen LogP contribution >= 0.6 is 0 Å². The Bertz CT molecular complexity index is 298. The first-order chi connectivity index (χ1) is 6.46. The molecule has 1 aromatic rings. The maximum atomic E-state index is 13.5. The zero-order chi connectivity index (χ0) is 10.8. The average molecular weight is 195 g/mol. The predicted molar refractivity (Wildman–Crippen MR) is 57.7 cm³/mol. The normalized spacial score (nSPS) is 11.8. The summed E-state index contributed by atoms with van der Waals surface area (Å²) in [5.74, 6) is -0.119. The number of benzene rings is 1. The first-order valence-corrected chi connectivity index (χ1v) is 4.90. The van der Waals surface area contributed by atoms with Crippen molar-refractivity contribution in [3.05, 3.63) is 35.1 Å². The molecule has 0 saturated carbocycles. The van der Waals surface area contributed by atoms with Gasteiger partial charge in [0.1, 0.15) is 5.82 Å². The van der Waals surface area contributed by atoms with E-state index in [9.17, 15) is 4.39 Å². The van der Waals surface area contributed by atoms with Crippen molar-refractivity contribution in [2.24, 2.45) is 11.1 Å². The van der Waals surface area contributed by atoms with Crippen molar-refractivity contribution >= 4 is 0 Å². The third-order valence-corrected chi connectivity index (χ3v) is 2.56. The van der Waals surface area contributed by atoms with Gasteiger partial charge in [-0.25, -0.2) is 4.39 Å². The predicted octanol–water partition coefficient (Wildman–Crippen LogP) is 2.66. The van der Waals surface area contributed by atoms with Crippen LogP contribution in [0.25, 0.3) is 0 Å². The Kier molecular flexibility index (Phi) is 3.27. The van der Waals surface area contributed by atoms with Crippen molar-refractivity contribution in [2.75, 3.05) is 6.54 Å². The fraction of sp³-hybridized carbons (Fsp3) is 0.500. The van der Waals surface area contributed by atoms with Crippen LogP contribution in [0.1, 0.15) is 25.0 Å². The lowest BCUT2D eigenvalue weighted by Crippen LogP contribution is -2.26. The molecule has 0 saturated heterocycles. The molecule has 0 radical (unpaired) electrons. The molecule has 0 heterocycles. The molecule has 1 aromatic carbocycles. The molecule has 0 bridgehead atoms. The minimum Gasteiger partial charge on any atom is -0.330 e. The molecule has 1 nitrogen and oxygen atoms in total. The minimum atomic E-state index is -0.119. The Labute approximate surface area is 85.1 Å². The monoisotopic (exact) mass is 195 g/mol. The zero-order valence-corrected chi connectivity index (χ0v) is 9.10. The molecule has 14 heavy (non-hydrogen) atoms. The van der Waals surface area contributed by atoms with Crippen LogP contribution in [0.2, 0.25) is 0 Å². The van der Waals surface area contributed by atoms with Crippen molar-refractivity contribution in [3.63, 3.8) is 0 Å². The number of halogens is 1. The molecule has 0 aliphatic rings. The second-order valence-corrected chi connectivity index (χ2v) is 4.58. The smallest absolute Gasteiger partial charge is 0.126 e. The van der Waals surface area contributed by atoms with E-state index in [1.165, 1.54) is 6.07 Å². The van der Waals surface area contributed by atoms with Gasteiger partial charge in [-0.2, -0.15) is 0 Å². The molecule has 0 atom stereocenters. The van der Waals surface area contributed by atoms with Crippen LogP contribution in [0.5, 0.6) is 0 Å². The summed E-state index contributed by atoms with van der Waals surface area (Å²) in [4.78, 5) is 0. The van der Waals surface area contributed by atoms with Crippen LogP contribution in [0, 0.1) is 18.2 Å². The fourth-order valence-corrected chi connectivity index (χ4v) is 1.44. The van der Waals surface area contributed by atoms with Gasteiger partial charge in [-0.15, -0.1) is 0 Å². The summed E-state index contributed by atoms with van der Waals surface area (Å²) in [5, 5.41) is 0. The summed E-state index contributed by atoms with van der Waals surface area (Å²) in [6, 6.07) is 5.18. The minimum absolute atomic E-state index is 0.0348. The van der Waals surface area contributed by atoms with Gasteiger partial charge < -0.3 is 5.73 Å². The third-order valence-electron chi connectivity index (χ3n) is 2.56. The van der Waals surface area contributed by atoms with Crippen molar-refractivity contribution in [3.8, 4) is 0 Å². The molecule has 0 spiro atoms. The lowest BCUT2D eigenvalue weighted by atomic mass is 9.84. The molecule has 0 aliphatic carbocycles. The van der Waals surface area contributed by atoms with E-state index in [1.807, 2.05) is 13.0 Å². The van der Waals surface area contributed by atoms with Crippen LogP contribution in [0.4, 0.5) is 4.39 Å². The Hall–Kier alpha value is -0.890. The van der Waals surface area contributed by atoms with Gasteiger partial charge in [0.15, 0.2) is 0 Å². The highest BCUT2D eigenvalue weighted by molar-refractivity contribution is 5.28. The fourth-order valence-electron chi connectivity index (χ4n) is 1.44. The van der Waals surface area contributed by atoms with Gasteiger partial charge in [0, 0.05) is 0 Å². The second kappa shape index (κ2) is 4.09. The molecular weight excluding hydrogens is 177 g/mol. The molecule has 0 unspecified atom stereocenters. The number of rotatable bonds is 3. The van der Waals surface area contributed by atoms with Crippen molar-refractivity contribution in [1.82, 2.24) is 0 Å². The van der Waals surface area contributed by atoms with Crippen LogP contribution in [0.15, 0.2) is 18.2 Å². The maximum Gasteiger partial charge on any atom is 0.126 e. The van der Waals surface area contributed by atoms with Gasteiger partial charge in [-0.05, 0) is 42.5 Å². The lowest BCUT2D eigenvalue weighted by Gasteiger charge is -2.23. The van der Waals surface area contributed by atoms with Gasteiger partial charge in [-0.3, -0.25) is 0 Å². The standard InChI is InChI=1S/C12H18FN/c1-9-5-4-6-11(13)10(9)7-12(2,3)8-14/h4-6H,7-8,14H2,1-3H3. The summed E-state index contributed by atoms with van der Waals surface area (Å²) in [5.41, 5.74) is 7.40. The van der Waals surface area contributed by atoms with E-state index in [0.717, 1.165) is 11.1 Å². The number of nitrogens with two attached hydrogens (primary N) is 1. The zero-order valence-electron chi connectivity index (χ0n) is 9.10. The van der Waals surface area contributed by atoms with E-state index < -0.39 is 0 Å². The molecule has 78 valence electrons. The molecule has 0 fully saturated rings. The highest BCUT2D eigenvalue weighted by Gasteiger charge is 2.19. The van der Waals surface area contributed by atoms with E-state index in [-0.39, 0.29) is 11.2 Å². The Morgan fingerprint density at radius 3 is 2.50 bits per heavy atom. The van der Waals surface area contributed by atoms with Gasteiger partial charge >= 0.3 is 0 Å². The van der Waals surface area contributed by atoms with E-state index in [4.69, 9.17) is 5.73 Å². The van der Waals surface area contributed by atoms with E-state index in [2.05, 4.69) is 13.8 Å². The molecule has 2 heteroatoms. The van der Waals surface area contributed by atoms with E-state index in [0.29, 0.717) is 13.0 Å². The van der Waals surface area contributed by atoms with Crippen molar-refractivity contribution in [1.29, 1.82) is 0 Å². The summed E-state index contributed by atoms with van der Waals surface area (Å²) in [7, 11) is 0. The largest absolute Gasteiger partial charge is 0.330 e. The summed E-state index contributed by atoms with van der Waals surface area (Å²) < 4.78 is 13.5. The van der Waals surface area contributed by atoms with Crippen LogP contribution < -0.4 is 5.73 Å². The molecule has 2 N–H and O–H groups in total. The summed E-state index contributed by atoms with van der Waals surface area (Å²) >= 11 is 0. The van der Waals surface area contributed by atoms with E-state index >= 15 is 0 Å². The topological polar surface area (TPSA) is 26.0 Å². The van der Waals surface area contributed by atoms with Crippen molar-refractivity contribution in [2.45, 2.75) is 27.2 Å². The molecule has 0 aliphatic heterocycles. The highest BCUT2D eigenvalue weighted by Crippen LogP contribution is 2.24. The quantitative estimate of drug-likeness (QED) is 0.788. The van der Waals surface area contributed by atoms with Gasteiger partial charge in [0.05, 0.1) is 0 Å². The van der Waals surface area contributed by atoms with Crippen LogP contribution in [0.3, 0.4) is 0 Å². The third kappa shape index (κ3) is 2.55. The highest BCUT2D eigenvalue weighted by atomic mass is 19.1. The first kappa shape index (κ1) is 11.2. The van der Waals surface area contributed by atoms with E-state index in [1.54, 1.807) is 6.07 Å². The summed E-state index contributed by atoms with van der Waals surface area (Å²) in [6.45, 7) is 6.61. The van der Waals surface area contributed by atoms with Gasteiger partial charge in [0.2, 0.25) is 0 Å². The number of hydrogen-bond donors (Lipinski definition) is 1. The Morgan fingerprint density at radius 1 is 1.36 bits per heavy atom. The first-order valence-electron chi connectivity index (χ1n) is 4.90. The second-order valence-electron chi connectivity index (χ2n) is 4.58.